The Morgan fingerprint density at radius 3 is 2.38 bits per heavy atom. The highest BCUT2D eigenvalue weighted by molar-refractivity contribution is 14.1. The van der Waals surface area contributed by atoms with Gasteiger partial charge in [-0.2, -0.15) is 0 Å². The minimum absolute atomic E-state index is 0.0176. The van der Waals surface area contributed by atoms with Crippen molar-refractivity contribution in [1.82, 2.24) is 10.6 Å². The van der Waals surface area contributed by atoms with E-state index in [1.54, 1.807) is 19.1 Å². The lowest BCUT2D eigenvalue weighted by Gasteiger charge is -2.27. The van der Waals surface area contributed by atoms with E-state index in [2.05, 4.69) is 42.5 Å². The Bertz CT molecular complexity index is 1370. The highest BCUT2D eigenvalue weighted by atomic mass is 127. The number of carbonyl (C=O) groups excluding carboxylic acids is 2. The van der Waals surface area contributed by atoms with Crippen molar-refractivity contribution in [2.24, 2.45) is 5.73 Å². The van der Waals surface area contributed by atoms with Crippen molar-refractivity contribution in [2.75, 3.05) is 0 Å². The van der Waals surface area contributed by atoms with Crippen LogP contribution in [0.15, 0.2) is 63.5 Å². The Morgan fingerprint density at radius 2 is 1.70 bits per heavy atom. The molecule has 0 aromatic heterocycles. The van der Waals surface area contributed by atoms with Crippen LogP contribution in [0.25, 0.3) is 0 Å². The molecule has 5 N–H and O–H groups in total. The van der Waals surface area contributed by atoms with E-state index in [0.717, 1.165) is 11.1 Å². The van der Waals surface area contributed by atoms with Gasteiger partial charge in [-0.15, -0.1) is 0 Å². The first-order chi connectivity index (χ1) is 19.0. The Labute approximate surface area is 263 Å². The van der Waals surface area contributed by atoms with E-state index in [1.165, 1.54) is 0 Å². The number of rotatable bonds is 4. The van der Waals surface area contributed by atoms with Gasteiger partial charge in [0.2, 0.25) is 11.8 Å². The molecular weight excluding hydrogens is 757 g/mol. The summed E-state index contributed by atoms with van der Waals surface area (Å²) in [5.41, 5.74) is 8.89. The monoisotopic (exact) mass is 785 g/mol. The summed E-state index contributed by atoms with van der Waals surface area (Å²) in [6.45, 7) is 3.93. The number of phenolic OH excluding ortho intramolecular Hbond substituents is 1. The summed E-state index contributed by atoms with van der Waals surface area (Å²) in [6.07, 6.45) is 0.0354. The second-order valence-electron chi connectivity index (χ2n) is 9.83. The van der Waals surface area contributed by atoms with Crippen LogP contribution in [0.1, 0.15) is 30.5 Å². The van der Waals surface area contributed by atoms with E-state index in [1.807, 2.05) is 72.0 Å². The number of hydrogen-bond donors (Lipinski definition) is 4. The highest BCUT2D eigenvalue weighted by Gasteiger charge is 2.31. The third-order valence-electron chi connectivity index (χ3n) is 6.49. The van der Waals surface area contributed by atoms with Crippen LogP contribution >= 0.6 is 54.5 Å². The highest BCUT2D eigenvalue weighted by Crippen LogP contribution is 2.42. The van der Waals surface area contributed by atoms with Crippen LogP contribution in [-0.4, -0.2) is 41.2 Å². The Kier molecular flexibility index (Phi) is 10.5. The molecule has 11 heteroatoms. The smallest absolute Gasteiger partial charge is 0.245 e. The van der Waals surface area contributed by atoms with Crippen molar-refractivity contribution in [2.45, 2.75) is 57.5 Å². The fraction of sp³-hybridized carbons (Fsp3) is 0.310. The number of phenols is 1. The van der Waals surface area contributed by atoms with Gasteiger partial charge in [0.25, 0.3) is 0 Å². The predicted octanol–water partition coefficient (Wildman–Crippen LogP) is 5.33. The number of carbonyl (C=O) groups is 2. The van der Waals surface area contributed by atoms with Crippen LogP contribution in [0.3, 0.4) is 0 Å². The molecule has 0 aliphatic carbocycles. The molecule has 0 spiro atoms. The molecule has 0 radical (unpaired) electrons. The maximum atomic E-state index is 13.5. The zero-order valence-electron chi connectivity index (χ0n) is 21.9. The molecule has 8 nitrogen and oxygen atoms in total. The second kappa shape index (κ2) is 13.6. The van der Waals surface area contributed by atoms with Gasteiger partial charge in [-0.05, 0) is 122 Å². The van der Waals surface area contributed by atoms with Crippen molar-refractivity contribution in [3.63, 3.8) is 0 Å². The summed E-state index contributed by atoms with van der Waals surface area (Å²) >= 11 is 9.16. The van der Waals surface area contributed by atoms with Crippen LogP contribution in [0, 0.1) is 3.57 Å². The number of ether oxygens (including phenoxy) is 2. The van der Waals surface area contributed by atoms with Gasteiger partial charge < -0.3 is 30.9 Å². The van der Waals surface area contributed by atoms with E-state index in [-0.39, 0.29) is 36.5 Å². The average molecular weight is 787 g/mol. The van der Waals surface area contributed by atoms with Gasteiger partial charge in [0.1, 0.15) is 6.04 Å². The standard InChI is InChI=1S/C29H30Br2IN3O5/c1-15-8-18-9-20(30)27(21(31)10-18)40-24-13-19(11-22(32)26(24)36)12-23(33)28(37)35-25(29(38)34-15)16(2)39-14-17-6-4-3-5-7-17/h3-7,9-11,13,15-16,23,25,36H,8,12,14,33H2,1-2H3,(H,34,38)(H,35,37)/t15-,16?,23+,25+/m1/s1. The first kappa shape index (κ1) is 30.8. The largest absolute Gasteiger partial charge is 0.504 e. The summed E-state index contributed by atoms with van der Waals surface area (Å²) in [5.74, 6) is -0.150. The molecule has 0 saturated carbocycles. The molecule has 2 aliphatic rings. The molecule has 2 amide bonds. The van der Waals surface area contributed by atoms with E-state index in [0.29, 0.717) is 30.2 Å². The Morgan fingerprint density at radius 1 is 1.05 bits per heavy atom. The van der Waals surface area contributed by atoms with E-state index in [4.69, 9.17) is 15.2 Å². The number of fused-ring (bicyclic) bond motifs is 10. The van der Waals surface area contributed by atoms with Gasteiger partial charge in [0.05, 0.1) is 31.3 Å². The quantitative estimate of drug-likeness (QED) is 0.266. The van der Waals surface area contributed by atoms with Crippen LogP contribution in [0.5, 0.6) is 17.2 Å². The van der Waals surface area contributed by atoms with E-state index in [9.17, 15) is 14.7 Å². The van der Waals surface area contributed by atoms with E-state index >= 15 is 0 Å². The number of halogens is 3. The van der Waals surface area contributed by atoms with Crippen molar-refractivity contribution in [3.8, 4) is 17.2 Å². The molecule has 0 saturated heterocycles. The Hall–Kier alpha value is -2.19. The molecule has 0 fully saturated rings. The van der Waals surface area contributed by atoms with Crippen molar-refractivity contribution >= 4 is 66.3 Å². The SMILES string of the molecule is CC(OCc1ccccc1)[C@@H]1NC(=O)[C@@H](N)Cc2cc(I)c(O)c(c2)Oc2c(Br)cc(cc2Br)C[C@@H](C)NC1=O. The third kappa shape index (κ3) is 7.75. The Balaban J connectivity index is 1.67. The lowest BCUT2D eigenvalue weighted by atomic mass is 10.0. The topological polar surface area (TPSA) is 123 Å². The summed E-state index contributed by atoms with van der Waals surface area (Å²) in [7, 11) is 0. The first-order valence-corrected chi connectivity index (χ1v) is 15.4. The molecular formula is C29H30Br2IN3O5. The summed E-state index contributed by atoms with van der Waals surface area (Å²) in [6, 6.07) is 14.6. The fourth-order valence-electron chi connectivity index (χ4n) is 4.40. The molecule has 40 heavy (non-hydrogen) atoms. The van der Waals surface area contributed by atoms with Gasteiger partial charge in [-0.1, -0.05) is 30.3 Å². The van der Waals surface area contributed by atoms with Gasteiger partial charge >= 0.3 is 0 Å². The fourth-order valence-corrected chi connectivity index (χ4v) is 6.51. The molecule has 4 atom stereocenters. The molecule has 1 unspecified atom stereocenters. The van der Waals surface area contributed by atoms with Gasteiger partial charge in [-0.3, -0.25) is 9.59 Å². The number of amides is 2. The van der Waals surface area contributed by atoms with Crippen molar-refractivity contribution in [1.29, 1.82) is 0 Å². The number of aromatic hydroxyl groups is 1. The summed E-state index contributed by atoms with van der Waals surface area (Å²) in [4.78, 5) is 26.7. The van der Waals surface area contributed by atoms with Crippen molar-refractivity contribution in [3.05, 3.63) is 83.8 Å². The predicted molar refractivity (Wildman–Crippen MR) is 168 cm³/mol. The normalized spacial score (nSPS) is 20.7. The number of nitrogens with one attached hydrogen (secondary N) is 2. The van der Waals surface area contributed by atoms with Crippen LogP contribution in [-0.2, 0) is 33.8 Å². The average Bonchev–Trinajstić information content (AvgIpc) is 2.90. The van der Waals surface area contributed by atoms with Gasteiger partial charge in [0.15, 0.2) is 17.2 Å². The number of benzene rings is 3. The summed E-state index contributed by atoms with van der Waals surface area (Å²) in [5, 5.41) is 16.5. The third-order valence-corrected chi connectivity index (χ3v) is 8.49. The molecule has 3 aromatic carbocycles. The molecule has 2 heterocycles. The molecule has 2 aliphatic heterocycles. The zero-order valence-corrected chi connectivity index (χ0v) is 27.2. The van der Waals surface area contributed by atoms with Gasteiger partial charge in [0, 0.05) is 6.04 Å². The van der Waals surface area contributed by atoms with E-state index < -0.39 is 24.1 Å². The van der Waals surface area contributed by atoms with Crippen LogP contribution in [0.4, 0.5) is 0 Å². The summed E-state index contributed by atoms with van der Waals surface area (Å²) < 4.78 is 14.0. The maximum Gasteiger partial charge on any atom is 0.245 e. The number of hydrogen-bond acceptors (Lipinski definition) is 6. The molecule has 5 rings (SSSR count). The lowest BCUT2D eigenvalue weighted by molar-refractivity contribution is -0.134. The lowest BCUT2D eigenvalue weighted by Crippen LogP contribution is -2.57. The van der Waals surface area contributed by atoms with Crippen molar-refractivity contribution < 1.29 is 24.2 Å². The first-order valence-electron chi connectivity index (χ1n) is 12.7. The minimum Gasteiger partial charge on any atom is -0.504 e. The van der Waals surface area contributed by atoms with Crippen LogP contribution in [0.2, 0.25) is 0 Å². The second-order valence-corrected chi connectivity index (χ2v) is 12.7. The molecule has 3 aromatic rings. The number of nitrogens with two attached hydrogens (primary N) is 1. The zero-order chi connectivity index (χ0) is 29.0. The molecule has 4 bridgehead atoms. The minimum atomic E-state index is -0.972. The van der Waals surface area contributed by atoms with Crippen LogP contribution < -0.4 is 21.1 Å². The van der Waals surface area contributed by atoms with Gasteiger partial charge in [-0.25, -0.2) is 0 Å². The maximum absolute atomic E-state index is 13.5. The molecule has 212 valence electrons.